The van der Waals surface area contributed by atoms with Crippen LogP contribution in [-0.4, -0.2) is 27.1 Å². The monoisotopic (exact) mass is 529 g/mol. The number of anilines is 1. The summed E-state index contributed by atoms with van der Waals surface area (Å²) < 4.78 is 66.9. The summed E-state index contributed by atoms with van der Waals surface area (Å²) in [4.78, 5) is 12.3. The van der Waals surface area contributed by atoms with Gasteiger partial charge in [-0.05, 0) is 48.0 Å². The molecule has 0 aromatic heterocycles. The molecule has 1 amide bonds. The van der Waals surface area contributed by atoms with Gasteiger partial charge >= 0.3 is 6.18 Å². The first-order valence-corrected chi connectivity index (χ1v) is 11.7. The minimum atomic E-state index is -4.76. The number of hydrogen-bond donors (Lipinski definition) is 1. The van der Waals surface area contributed by atoms with E-state index in [1.807, 2.05) is 0 Å². The zero-order chi connectivity index (χ0) is 24.9. The van der Waals surface area contributed by atoms with Crippen molar-refractivity contribution in [3.05, 3.63) is 94.0 Å². The standard InChI is InChI=1S/C22H16Cl2F3N3O3S/c23-17-6-4-5-15(11-17)13-28-29-21(31)14-30(34(32,33)18-7-2-1-3-8-18)20-12-16(22(25,26)27)9-10-19(20)24/h1-13H,14H2,(H,29,31)/b28-13+. The Morgan fingerprint density at radius 2 is 1.71 bits per heavy atom. The maximum atomic E-state index is 13.3. The second-order valence-corrected chi connectivity index (χ2v) is 9.54. The first kappa shape index (κ1) is 25.5. The molecule has 0 radical (unpaired) electrons. The zero-order valence-electron chi connectivity index (χ0n) is 17.1. The van der Waals surface area contributed by atoms with E-state index in [4.69, 9.17) is 23.2 Å². The van der Waals surface area contributed by atoms with Gasteiger partial charge < -0.3 is 0 Å². The van der Waals surface area contributed by atoms with Crippen molar-refractivity contribution in [1.29, 1.82) is 0 Å². The van der Waals surface area contributed by atoms with Gasteiger partial charge in [-0.1, -0.05) is 53.5 Å². The van der Waals surface area contributed by atoms with Gasteiger partial charge in [0.05, 0.1) is 27.4 Å². The molecule has 0 aliphatic heterocycles. The van der Waals surface area contributed by atoms with Crippen LogP contribution in [0.4, 0.5) is 18.9 Å². The fourth-order valence-corrected chi connectivity index (χ4v) is 4.75. The molecule has 1 N–H and O–H groups in total. The minimum absolute atomic E-state index is 0.237. The zero-order valence-corrected chi connectivity index (χ0v) is 19.5. The highest BCUT2D eigenvalue weighted by atomic mass is 35.5. The highest BCUT2D eigenvalue weighted by Gasteiger charge is 2.34. The molecule has 0 heterocycles. The summed E-state index contributed by atoms with van der Waals surface area (Å²) in [6.45, 7) is -0.884. The van der Waals surface area contributed by atoms with Crippen molar-refractivity contribution in [1.82, 2.24) is 5.43 Å². The van der Waals surface area contributed by atoms with Crippen molar-refractivity contribution in [3.8, 4) is 0 Å². The first-order valence-electron chi connectivity index (χ1n) is 9.50. The summed E-state index contributed by atoms with van der Waals surface area (Å²) in [7, 11) is -4.47. The van der Waals surface area contributed by atoms with Gasteiger partial charge in [0.1, 0.15) is 6.54 Å². The van der Waals surface area contributed by atoms with Crippen LogP contribution in [0.15, 0.2) is 82.8 Å². The SMILES string of the molecule is O=C(CN(c1cc(C(F)(F)F)ccc1Cl)S(=O)(=O)c1ccccc1)N/N=C/c1cccc(Cl)c1. The molecule has 0 saturated carbocycles. The second kappa shape index (κ2) is 10.5. The number of hydrazone groups is 1. The smallest absolute Gasteiger partial charge is 0.271 e. The van der Waals surface area contributed by atoms with Crippen molar-refractivity contribution in [2.45, 2.75) is 11.1 Å². The lowest BCUT2D eigenvalue weighted by atomic mass is 10.2. The Hall–Kier alpha value is -3.08. The predicted molar refractivity (Wildman–Crippen MR) is 125 cm³/mol. The second-order valence-electron chi connectivity index (χ2n) is 6.84. The fourth-order valence-electron chi connectivity index (χ4n) is 2.83. The molecule has 3 aromatic carbocycles. The predicted octanol–water partition coefficient (Wildman–Crippen LogP) is 5.36. The average Bonchev–Trinajstić information content (AvgIpc) is 2.78. The summed E-state index contributed by atoms with van der Waals surface area (Å²) in [5, 5.41) is 3.90. The molecule has 178 valence electrons. The van der Waals surface area contributed by atoms with Gasteiger partial charge in [0.25, 0.3) is 15.9 Å². The third kappa shape index (κ3) is 6.28. The van der Waals surface area contributed by atoms with Crippen LogP contribution in [0.1, 0.15) is 11.1 Å². The number of benzene rings is 3. The molecule has 0 aliphatic rings. The van der Waals surface area contributed by atoms with E-state index in [1.165, 1.54) is 30.5 Å². The number of hydrogen-bond acceptors (Lipinski definition) is 4. The third-order valence-electron chi connectivity index (χ3n) is 4.41. The average molecular weight is 530 g/mol. The minimum Gasteiger partial charge on any atom is -0.271 e. The fraction of sp³-hybridized carbons (Fsp3) is 0.0909. The Bertz CT molecular complexity index is 1320. The lowest BCUT2D eigenvalue weighted by molar-refractivity contribution is -0.137. The quantitative estimate of drug-likeness (QED) is 0.330. The highest BCUT2D eigenvalue weighted by Crippen LogP contribution is 2.37. The summed E-state index contributed by atoms with van der Waals surface area (Å²) >= 11 is 11.9. The number of carbonyl (C=O) groups is 1. The molecule has 12 heteroatoms. The Morgan fingerprint density at radius 1 is 1.00 bits per heavy atom. The molecular formula is C22H16Cl2F3N3O3S. The molecule has 0 bridgehead atoms. The topological polar surface area (TPSA) is 78.8 Å². The number of carbonyl (C=O) groups excluding carboxylic acids is 1. The normalized spacial score (nSPS) is 12.0. The van der Waals surface area contributed by atoms with Gasteiger partial charge in [-0.2, -0.15) is 18.3 Å². The Balaban J connectivity index is 1.95. The van der Waals surface area contributed by atoms with E-state index in [-0.39, 0.29) is 9.92 Å². The summed E-state index contributed by atoms with van der Waals surface area (Å²) in [6.07, 6.45) is -3.48. The van der Waals surface area contributed by atoms with E-state index < -0.39 is 39.9 Å². The molecule has 0 unspecified atom stereocenters. The molecule has 0 fully saturated rings. The van der Waals surface area contributed by atoms with Gasteiger partial charge in [0.2, 0.25) is 0 Å². The van der Waals surface area contributed by atoms with E-state index in [0.717, 1.165) is 6.07 Å². The van der Waals surface area contributed by atoms with E-state index in [2.05, 4.69) is 10.5 Å². The van der Waals surface area contributed by atoms with E-state index in [0.29, 0.717) is 27.0 Å². The maximum absolute atomic E-state index is 13.3. The van der Waals surface area contributed by atoms with Crippen molar-refractivity contribution < 1.29 is 26.4 Å². The van der Waals surface area contributed by atoms with E-state index >= 15 is 0 Å². The number of alkyl halides is 3. The van der Waals surface area contributed by atoms with Crippen LogP contribution in [0.2, 0.25) is 10.0 Å². The number of amides is 1. The highest BCUT2D eigenvalue weighted by molar-refractivity contribution is 7.92. The van der Waals surface area contributed by atoms with Crippen LogP contribution in [0.3, 0.4) is 0 Å². The number of nitrogens with one attached hydrogen (secondary N) is 1. The molecule has 0 saturated heterocycles. The van der Waals surface area contributed by atoms with Crippen LogP contribution in [0.5, 0.6) is 0 Å². The molecule has 3 rings (SSSR count). The number of nitrogens with zero attached hydrogens (tertiary/aromatic N) is 2. The van der Waals surface area contributed by atoms with E-state index in [1.54, 1.807) is 30.3 Å². The first-order chi connectivity index (χ1) is 16.0. The Labute approximate surface area is 203 Å². The van der Waals surface area contributed by atoms with Crippen LogP contribution >= 0.6 is 23.2 Å². The van der Waals surface area contributed by atoms with Crippen molar-refractivity contribution in [3.63, 3.8) is 0 Å². The molecule has 0 spiro atoms. The van der Waals surface area contributed by atoms with Crippen molar-refractivity contribution in [2.75, 3.05) is 10.8 Å². The number of rotatable bonds is 7. The van der Waals surface area contributed by atoms with Gasteiger partial charge in [0.15, 0.2) is 0 Å². The lowest BCUT2D eigenvalue weighted by Gasteiger charge is -2.25. The Morgan fingerprint density at radius 3 is 2.35 bits per heavy atom. The van der Waals surface area contributed by atoms with Gasteiger partial charge in [-0.15, -0.1) is 0 Å². The van der Waals surface area contributed by atoms with Gasteiger partial charge in [-0.3, -0.25) is 9.10 Å². The van der Waals surface area contributed by atoms with E-state index in [9.17, 15) is 26.4 Å². The summed E-state index contributed by atoms with van der Waals surface area (Å²) in [6, 6.07) is 15.7. The summed E-state index contributed by atoms with van der Waals surface area (Å²) in [5.41, 5.74) is 1.08. The third-order valence-corrected chi connectivity index (χ3v) is 6.74. The van der Waals surface area contributed by atoms with Crippen LogP contribution in [0, 0.1) is 0 Å². The van der Waals surface area contributed by atoms with Crippen LogP contribution in [-0.2, 0) is 21.0 Å². The summed E-state index contributed by atoms with van der Waals surface area (Å²) in [5.74, 6) is -0.911. The molecular weight excluding hydrogens is 514 g/mol. The molecule has 0 atom stereocenters. The van der Waals surface area contributed by atoms with Crippen LogP contribution < -0.4 is 9.73 Å². The van der Waals surface area contributed by atoms with Crippen molar-refractivity contribution >= 4 is 51.0 Å². The molecule has 0 aliphatic carbocycles. The number of sulfonamides is 1. The van der Waals surface area contributed by atoms with Crippen molar-refractivity contribution in [2.24, 2.45) is 5.10 Å². The molecule has 6 nitrogen and oxygen atoms in total. The van der Waals surface area contributed by atoms with Crippen LogP contribution in [0.25, 0.3) is 0 Å². The lowest BCUT2D eigenvalue weighted by Crippen LogP contribution is -2.40. The Kier molecular flexibility index (Phi) is 7.86. The number of halogens is 5. The van der Waals surface area contributed by atoms with Gasteiger partial charge in [-0.25, -0.2) is 13.8 Å². The largest absolute Gasteiger partial charge is 0.416 e. The maximum Gasteiger partial charge on any atom is 0.416 e. The molecule has 34 heavy (non-hydrogen) atoms. The molecule has 3 aromatic rings. The van der Waals surface area contributed by atoms with Gasteiger partial charge in [0, 0.05) is 5.02 Å².